The molecule has 0 fully saturated rings. The van der Waals surface area contributed by atoms with Gasteiger partial charge in [-0.2, -0.15) is 0 Å². The lowest BCUT2D eigenvalue weighted by atomic mass is 10.00. The predicted octanol–water partition coefficient (Wildman–Crippen LogP) is 8.33. The number of hydrogen-bond donors (Lipinski definition) is 0. The van der Waals surface area contributed by atoms with E-state index in [2.05, 4.69) is 78.9 Å². The van der Waals surface area contributed by atoms with E-state index < -0.39 is 7.25 Å². The maximum Gasteiger partial charge on any atom is 0.673 e. The highest BCUT2D eigenvalue weighted by Crippen LogP contribution is 2.39. The van der Waals surface area contributed by atoms with Crippen molar-refractivity contribution >= 4 is 41.5 Å². The molecule has 0 saturated carbocycles. The fourth-order valence-corrected chi connectivity index (χ4v) is 3.93. The van der Waals surface area contributed by atoms with Crippen LogP contribution in [0.1, 0.15) is 10.4 Å². The van der Waals surface area contributed by atoms with E-state index in [-0.39, 0.29) is 0 Å². The number of methoxy groups -OCH3 is 1. The van der Waals surface area contributed by atoms with Gasteiger partial charge in [0.05, 0.1) is 12.7 Å². The minimum absolute atomic E-state index is 0.927. The van der Waals surface area contributed by atoms with Crippen molar-refractivity contribution in [2.75, 3.05) is 7.11 Å². The van der Waals surface area contributed by atoms with Gasteiger partial charge >= 0.3 is 12.3 Å². The molecular formula is C24H19BF4OS. The Labute approximate surface area is 182 Å². The summed E-state index contributed by atoms with van der Waals surface area (Å²) >= 11 is 1.66. The van der Waals surface area contributed by atoms with Gasteiger partial charge in [-0.1, -0.05) is 72.8 Å². The molecule has 0 aliphatic carbocycles. The second kappa shape index (κ2) is 10.2. The highest BCUT2D eigenvalue weighted by molar-refractivity contribution is 7.14. The van der Waals surface area contributed by atoms with Crippen molar-refractivity contribution in [3.05, 3.63) is 95.4 Å². The topological polar surface area (TPSA) is 9.23 Å². The molecule has 0 saturated heterocycles. The molecule has 0 radical (unpaired) electrons. The Hall–Kier alpha value is -3.19. The van der Waals surface area contributed by atoms with E-state index in [1.807, 2.05) is 18.2 Å². The van der Waals surface area contributed by atoms with Crippen LogP contribution in [0.15, 0.2) is 84.9 Å². The average Bonchev–Trinajstić information content (AvgIpc) is 2.77. The molecule has 31 heavy (non-hydrogen) atoms. The minimum Gasteiger partial charge on any atom is -0.453 e. The Balaban J connectivity index is 0.000000491. The van der Waals surface area contributed by atoms with Crippen LogP contribution in [0, 0.1) is 0 Å². The maximum atomic E-state index is 9.75. The first-order valence-corrected chi connectivity index (χ1v) is 10.3. The lowest BCUT2D eigenvalue weighted by molar-refractivity contribution is 0.368. The van der Waals surface area contributed by atoms with E-state index in [0.717, 1.165) is 15.5 Å². The van der Waals surface area contributed by atoms with Crippen molar-refractivity contribution < 1.29 is 22.0 Å². The van der Waals surface area contributed by atoms with Crippen LogP contribution in [0.25, 0.3) is 34.1 Å². The Kier molecular flexibility index (Phi) is 7.42. The van der Waals surface area contributed by atoms with Crippen molar-refractivity contribution in [3.8, 4) is 16.2 Å². The average molecular weight is 442 g/mol. The summed E-state index contributed by atoms with van der Waals surface area (Å²) in [6.45, 7) is 0. The number of ether oxygens (including phenoxy) is 1. The van der Waals surface area contributed by atoms with Gasteiger partial charge in [0.25, 0.3) is 11.3 Å². The summed E-state index contributed by atoms with van der Waals surface area (Å²) in [5.41, 5.74) is 3.53. The third-order valence-electron chi connectivity index (χ3n) is 4.35. The molecule has 7 heteroatoms. The summed E-state index contributed by atoms with van der Waals surface area (Å²) in [5, 5.41) is 3.41. The molecule has 4 aromatic rings. The fourth-order valence-electron chi connectivity index (χ4n) is 3.07. The SMILES string of the molecule is COc1[s+]c(C=Cc2ccccc2)ccc1-c1cccc2ccccc12.F[B-](F)(F)F. The van der Waals surface area contributed by atoms with Gasteiger partial charge < -0.3 is 22.0 Å². The Bertz CT molecular complexity index is 1170. The van der Waals surface area contributed by atoms with E-state index >= 15 is 0 Å². The lowest BCUT2D eigenvalue weighted by Crippen LogP contribution is -2.02. The number of rotatable bonds is 4. The molecule has 158 valence electrons. The van der Waals surface area contributed by atoms with E-state index in [1.165, 1.54) is 21.9 Å². The third-order valence-corrected chi connectivity index (χ3v) is 5.43. The van der Waals surface area contributed by atoms with Crippen molar-refractivity contribution in [2.24, 2.45) is 0 Å². The Morgan fingerprint density at radius 3 is 2.06 bits per heavy atom. The number of hydrogen-bond acceptors (Lipinski definition) is 1. The molecule has 0 amide bonds. The summed E-state index contributed by atoms with van der Waals surface area (Å²) in [6, 6.07) is 29.5. The molecule has 0 aliphatic rings. The van der Waals surface area contributed by atoms with Gasteiger partial charge in [0, 0.05) is 12.1 Å². The third kappa shape index (κ3) is 6.65. The quantitative estimate of drug-likeness (QED) is 0.175. The van der Waals surface area contributed by atoms with Gasteiger partial charge in [-0.05, 0) is 34.0 Å². The normalized spacial score (nSPS) is 11.3. The predicted molar refractivity (Wildman–Crippen MR) is 124 cm³/mol. The van der Waals surface area contributed by atoms with Crippen molar-refractivity contribution in [3.63, 3.8) is 0 Å². The second-order valence-corrected chi connectivity index (χ2v) is 7.55. The van der Waals surface area contributed by atoms with Crippen LogP contribution in [0.2, 0.25) is 0 Å². The molecule has 0 spiro atoms. The molecule has 0 bridgehead atoms. The molecule has 0 N–H and O–H groups in total. The first-order chi connectivity index (χ1) is 14.8. The van der Waals surface area contributed by atoms with Crippen molar-refractivity contribution in [1.29, 1.82) is 0 Å². The van der Waals surface area contributed by atoms with E-state index in [4.69, 9.17) is 4.74 Å². The molecule has 1 aromatic heterocycles. The Morgan fingerprint density at radius 2 is 1.35 bits per heavy atom. The maximum absolute atomic E-state index is 9.75. The van der Waals surface area contributed by atoms with Crippen LogP contribution in [0.3, 0.4) is 0 Å². The summed E-state index contributed by atoms with van der Waals surface area (Å²) in [4.78, 5) is 1.16. The highest BCUT2D eigenvalue weighted by atomic mass is 32.1. The largest absolute Gasteiger partial charge is 0.673 e. The molecule has 1 heterocycles. The van der Waals surface area contributed by atoms with Gasteiger partial charge in [-0.3, -0.25) is 0 Å². The van der Waals surface area contributed by atoms with Gasteiger partial charge in [0.2, 0.25) is 4.88 Å². The van der Waals surface area contributed by atoms with Crippen LogP contribution in [-0.2, 0) is 0 Å². The Morgan fingerprint density at radius 1 is 0.710 bits per heavy atom. The number of fused-ring (bicyclic) bond motifs is 1. The first-order valence-electron chi connectivity index (χ1n) is 9.45. The fraction of sp³-hybridized carbons (Fsp3) is 0.0417. The molecule has 3 aromatic carbocycles. The van der Waals surface area contributed by atoms with Gasteiger partial charge in [0.1, 0.15) is 0 Å². The van der Waals surface area contributed by atoms with Crippen molar-refractivity contribution in [1.82, 2.24) is 0 Å². The molecular weight excluding hydrogens is 423 g/mol. The molecule has 0 aliphatic heterocycles. The highest BCUT2D eigenvalue weighted by Gasteiger charge is 2.21. The van der Waals surface area contributed by atoms with Crippen LogP contribution < -0.4 is 4.74 Å². The summed E-state index contributed by atoms with van der Waals surface area (Å²) in [7, 11) is -4.26. The molecule has 4 rings (SSSR count). The molecule has 0 unspecified atom stereocenters. The van der Waals surface area contributed by atoms with E-state index in [9.17, 15) is 17.3 Å². The zero-order valence-electron chi connectivity index (χ0n) is 16.6. The van der Waals surface area contributed by atoms with Crippen LogP contribution >= 0.6 is 11.3 Å². The van der Waals surface area contributed by atoms with Gasteiger partial charge in [-0.15, -0.1) is 0 Å². The molecule has 1 nitrogen and oxygen atoms in total. The zero-order valence-corrected chi connectivity index (χ0v) is 17.5. The van der Waals surface area contributed by atoms with Gasteiger partial charge in [-0.25, -0.2) is 0 Å². The standard InChI is InChI=1S/C24H19OS.BF4/c1-25-24-23(22-13-7-11-19-10-5-6-12-21(19)22)17-16-20(26-24)15-14-18-8-3-2-4-9-18;2-1(3,4)5/h2-17H,1H3;/q+1;-1. The van der Waals surface area contributed by atoms with Crippen LogP contribution in [-0.4, -0.2) is 14.4 Å². The number of benzene rings is 3. The van der Waals surface area contributed by atoms with E-state index in [0.29, 0.717) is 0 Å². The zero-order chi connectivity index (χ0) is 22.3. The van der Waals surface area contributed by atoms with Gasteiger partial charge in [0.15, 0.2) is 0 Å². The van der Waals surface area contributed by atoms with Crippen LogP contribution in [0.4, 0.5) is 17.3 Å². The first kappa shape index (κ1) is 22.5. The van der Waals surface area contributed by atoms with E-state index in [1.54, 1.807) is 18.4 Å². The second-order valence-electron chi connectivity index (χ2n) is 6.51. The smallest absolute Gasteiger partial charge is 0.453 e. The monoisotopic (exact) mass is 442 g/mol. The number of halogens is 4. The minimum atomic E-state index is -6.00. The summed E-state index contributed by atoms with van der Waals surface area (Å²) in [6.07, 6.45) is 4.26. The molecule has 0 atom stereocenters. The summed E-state index contributed by atoms with van der Waals surface area (Å²) < 4.78 is 44.7. The van der Waals surface area contributed by atoms with Crippen molar-refractivity contribution in [2.45, 2.75) is 0 Å². The summed E-state index contributed by atoms with van der Waals surface area (Å²) in [5.74, 6) is 0. The lowest BCUT2D eigenvalue weighted by Gasteiger charge is -2.06. The van der Waals surface area contributed by atoms with Crippen LogP contribution in [0.5, 0.6) is 5.06 Å².